The highest BCUT2D eigenvalue weighted by atomic mass is 32.2. The normalized spacial score (nSPS) is 17.2. The molecule has 10 heteroatoms. The summed E-state index contributed by atoms with van der Waals surface area (Å²) in [6.07, 6.45) is 0.519. The van der Waals surface area contributed by atoms with Gasteiger partial charge < -0.3 is 18.6 Å². The zero-order valence-corrected chi connectivity index (χ0v) is 20.5. The fourth-order valence-electron chi connectivity index (χ4n) is 4.46. The van der Waals surface area contributed by atoms with Crippen molar-refractivity contribution in [2.24, 2.45) is 0 Å². The number of carbonyl (C=O) groups is 3. The monoisotopic (exact) mass is 478 g/mol. The Kier molecular flexibility index (Phi) is 7.16. The van der Waals surface area contributed by atoms with E-state index < -0.39 is 28.4 Å². The van der Waals surface area contributed by atoms with E-state index >= 15 is 0 Å². The van der Waals surface area contributed by atoms with E-state index in [1.165, 1.54) is 0 Å². The number of hydrogen-bond acceptors (Lipinski definition) is 7. The van der Waals surface area contributed by atoms with E-state index in [0.717, 1.165) is 5.69 Å². The summed E-state index contributed by atoms with van der Waals surface area (Å²) in [4.78, 5) is 37.2. The lowest BCUT2D eigenvalue weighted by Crippen LogP contribution is -2.20. The summed E-state index contributed by atoms with van der Waals surface area (Å²) in [6.45, 7) is 8.51. The molecule has 1 aliphatic heterocycles. The molecule has 0 aliphatic carbocycles. The quantitative estimate of drug-likeness (QED) is 0.423. The number of sulfone groups is 1. The molecule has 3 rings (SSSR count). The second-order valence-electron chi connectivity index (χ2n) is 8.39. The van der Waals surface area contributed by atoms with E-state index in [2.05, 4.69) is 0 Å². The third-order valence-electron chi connectivity index (χ3n) is 6.08. The van der Waals surface area contributed by atoms with Gasteiger partial charge in [0.1, 0.15) is 6.54 Å². The molecule has 2 aromatic rings. The number of rotatable bonds is 8. The van der Waals surface area contributed by atoms with Crippen molar-refractivity contribution < 1.29 is 32.3 Å². The number of nitrogens with zero attached hydrogens (tertiary/aromatic N) is 2. The van der Waals surface area contributed by atoms with Crippen molar-refractivity contribution >= 4 is 27.6 Å². The van der Waals surface area contributed by atoms with Crippen molar-refractivity contribution in [2.75, 3.05) is 24.7 Å². The van der Waals surface area contributed by atoms with Crippen LogP contribution in [0.4, 0.5) is 0 Å². The Bertz CT molecular complexity index is 1200. The standard InChI is InChI=1S/C23H30N2O7S/c1-6-31-23(28)20-9-14(2)24(16(20)4)11-22(27)32-12-21(26)19-10-15(3)25(17(19)5)18-7-8-33(29,30)13-18/h9-10,18H,6-8,11-13H2,1-5H3. The molecule has 1 saturated heterocycles. The van der Waals surface area contributed by atoms with Gasteiger partial charge in [-0.25, -0.2) is 13.2 Å². The number of ether oxygens (including phenoxy) is 2. The summed E-state index contributed by atoms with van der Waals surface area (Å²) in [5.74, 6) is -1.19. The maximum absolute atomic E-state index is 12.8. The Morgan fingerprint density at radius 3 is 2.27 bits per heavy atom. The Labute approximate surface area is 193 Å². The molecular formula is C23H30N2O7S. The lowest BCUT2D eigenvalue weighted by Gasteiger charge is -2.16. The van der Waals surface area contributed by atoms with Gasteiger partial charge >= 0.3 is 11.9 Å². The van der Waals surface area contributed by atoms with E-state index in [-0.39, 0.29) is 36.5 Å². The Morgan fingerprint density at radius 2 is 1.67 bits per heavy atom. The minimum atomic E-state index is -3.06. The van der Waals surface area contributed by atoms with Gasteiger partial charge in [0.2, 0.25) is 5.78 Å². The van der Waals surface area contributed by atoms with Gasteiger partial charge in [0.05, 0.1) is 23.7 Å². The van der Waals surface area contributed by atoms with Crippen molar-refractivity contribution in [1.82, 2.24) is 9.13 Å². The van der Waals surface area contributed by atoms with E-state index in [9.17, 15) is 22.8 Å². The number of Topliss-reactive ketones (excluding diaryl/α,β-unsaturated/α-hetero) is 1. The predicted octanol–water partition coefficient (Wildman–Crippen LogP) is 2.49. The van der Waals surface area contributed by atoms with Gasteiger partial charge in [-0.1, -0.05) is 0 Å². The smallest absolute Gasteiger partial charge is 0.339 e. The van der Waals surface area contributed by atoms with Gasteiger partial charge in [0.25, 0.3) is 0 Å². The summed E-state index contributed by atoms with van der Waals surface area (Å²) in [7, 11) is -3.06. The summed E-state index contributed by atoms with van der Waals surface area (Å²) >= 11 is 0. The number of esters is 2. The number of hydrogen-bond donors (Lipinski definition) is 0. The van der Waals surface area contributed by atoms with Gasteiger partial charge in [0, 0.05) is 34.4 Å². The lowest BCUT2D eigenvalue weighted by atomic mass is 10.1. The number of aryl methyl sites for hydroxylation is 2. The van der Waals surface area contributed by atoms with Gasteiger partial charge in [-0.15, -0.1) is 0 Å². The second kappa shape index (κ2) is 9.54. The Morgan fingerprint density at radius 1 is 1.00 bits per heavy atom. The molecule has 3 heterocycles. The first kappa shape index (κ1) is 24.8. The van der Waals surface area contributed by atoms with Gasteiger partial charge in [-0.3, -0.25) is 9.59 Å². The van der Waals surface area contributed by atoms with Crippen molar-refractivity contribution in [3.05, 3.63) is 46.0 Å². The predicted molar refractivity (Wildman–Crippen MR) is 121 cm³/mol. The van der Waals surface area contributed by atoms with Crippen LogP contribution >= 0.6 is 0 Å². The van der Waals surface area contributed by atoms with E-state index in [0.29, 0.717) is 34.6 Å². The van der Waals surface area contributed by atoms with Crippen molar-refractivity contribution in [2.45, 2.75) is 53.6 Å². The third-order valence-corrected chi connectivity index (χ3v) is 7.83. The van der Waals surface area contributed by atoms with Crippen LogP contribution in [0.2, 0.25) is 0 Å². The average Bonchev–Trinajstić information content (AvgIpc) is 3.34. The van der Waals surface area contributed by atoms with Crippen LogP contribution in [0.3, 0.4) is 0 Å². The Hall–Kier alpha value is -2.88. The molecule has 0 bridgehead atoms. The van der Waals surface area contributed by atoms with E-state index in [4.69, 9.17) is 9.47 Å². The first-order valence-corrected chi connectivity index (χ1v) is 12.7. The molecule has 1 atom stereocenters. The molecular weight excluding hydrogens is 448 g/mol. The highest BCUT2D eigenvalue weighted by Gasteiger charge is 2.31. The van der Waals surface area contributed by atoms with Crippen molar-refractivity contribution in [1.29, 1.82) is 0 Å². The molecule has 0 N–H and O–H groups in total. The minimum absolute atomic E-state index is 0.0648. The fraction of sp³-hybridized carbons (Fsp3) is 0.522. The molecule has 1 aliphatic rings. The molecule has 2 aromatic heterocycles. The van der Waals surface area contributed by atoms with Crippen LogP contribution < -0.4 is 0 Å². The van der Waals surface area contributed by atoms with E-state index in [1.54, 1.807) is 44.4 Å². The zero-order valence-electron chi connectivity index (χ0n) is 19.6. The van der Waals surface area contributed by atoms with Crippen molar-refractivity contribution in [3.8, 4) is 0 Å². The van der Waals surface area contributed by atoms with Crippen LogP contribution in [0, 0.1) is 27.7 Å². The van der Waals surface area contributed by atoms with Crippen LogP contribution in [0.15, 0.2) is 12.1 Å². The summed E-state index contributed by atoms with van der Waals surface area (Å²) in [6, 6.07) is 3.18. The third kappa shape index (κ3) is 5.21. The van der Waals surface area contributed by atoms with Gasteiger partial charge in [-0.05, 0) is 53.2 Å². The summed E-state index contributed by atoms with van der Waals surface area (Å²) < 4.78 is 37.5. The first-order chi connectivity index (χ1) is 15.4. The maximum Gasteiger partial charge on any atom is 0.339 e. The summed E-state index contributed by atoms with van der Waals surface area (Å²) in [5, 5.41) is 0. The largest absolute Gasteiger partial charge is 0.462 e. The molecule has 33 heavy (non-hydrogen) atoms. The van der Waals surface area contributed by atoms with E-state index in [1.807, 2.05) is 11.5 Å². The number of carbonyl (C=O) groups excluding carboxylic acids is 3. The molecule has 0 spiro atoms. The number of aromatic nitrogens is 2. The average molecular weight is 479 g/mol. The Balaban J connectivity index is 1.66. The highest BCUT2D eigenvalue weighted by molar-refractivity contribution is 7.91. The highest BCUT2D eigenvalue weighted by Crippen LogP contribution is 2.29. The van der Waals surface area contributed by atoms with Crippen LogP contribution in [-0.2, 0) is 30.7 Å². The minimum Gasteiger partial charge on any atom is -0.462 e. The molecule has 1 unspecified atom stereocenters. The molecule has 0 saturated carbocycles. The van der Waals surface area contributed by atoms with Gasteiger partial charge in [0.15, 0.2) is 16.4 Å². The van der Waals surface area contributed by atoms with Crippen LogP contribution in [-0.4, -0.2) is 60.0 Å². The van der Waals surface area contributed by atoms with Crippen molar-refractivity contribution in [3.63, 3.8) is 0 Å². The second-order valence-corrected chi connectivity index (χ2v) is 10.6. The molecule has 0 amide bonds. The maximum atomic E-state index is 12.8. The fourth-order valence-corrected chi connectivity index (χ4v) is 6.16. The molecule has 0 aromatic carbocycles. The topological polar surface area (TPSA) is 114 Å². The van der Waals surface area contributed by atoms with Crippen LogP contribution in [0.25, 0.3) is 0 Å². The molecule has 9 nitrogen and oxygen atoms in total. The van der Waals surface area contributed by atoms with Crippen LogP contribution in [0.1, 0.15) is 62.9 Å². The first-order valence-electron chi connectivity index (χ1n) is 10.9. The SMILES string of the molecule is CCOC(=O)c1cc(C)n(CC(=O)OCC(=O)c2cc(C)n(C3CCS(=O)(=O)C3)c2C)c1C. The van der Waals surface area contributed by atoms with Crippen LogP contribution in [0.5, 0.6) is 0 Å². The molecule has 1 fully saturated rings. The molecule has 0 radical (unpaired) electrons. The van der Waals surface area contributed by atoms with Gasteiger partial charge in [-0.2, -0.15) is 0 Å². The summed E-state index contributed by atoms with van der Waals surface area (Å²) in [5.41, 5.74) is 3.57. The lowest BCUT2D eigenvalue weighted by molar-refractivity contribution is -0.143. The molecule has 180 valence electrons. The number of ketones is 1. The zero-order chi connectivity index (χ0) is 24.5.